The minimum atomic E-state index is 0. The summed E-state index contributed by atoms with van der Waals surface area (Å²) in [5.41, 5.74) is 0. The second-order valence-electron chi connectivity index (χ2n) is 3.25. The van der Waals surface area contributed by atoms with Crippen LogP contribution in [0.25, 0.3) is 0 Å². The summed E-state index contributed by atoms with van der Waals surface area (Å²) in [5, 5.41) is 0. The lowest BCUT2D eigenvalue weighted by Gasteiger charge is -2.17. The minimum Gasteiger partial charge on any atom is -1.00 e. The third-order valence-electron chi connectivity index (χ3n) is 2.42. The van der Waals surface area contributed by atoms with E-state index in [0.717, 1.165) is 5.90 Å². The van der Waals surface area contributed by atoms with Crippen molar-refractivity contribution in [3.05, 3.63) is 0 Å². The van der Waals surface area contributed by atoms with Crippen LogP contribution in [0.2, 0.25) is 0 Å². The van der Waals surface area contributed by atoms with Crippen molar-refractivity contribution >= 4 is 5.90 Å². The lowest BCUT2D eigenvalue weighted by molar-refractivity contribution is -0.499. The van der Waals surface area contributed by atoms with E-state index in [-0.39, 0.29) is 12.4 Å². The molecule has 0 aromatic carbocycles. The molecule has 1 heterocycles. The number of hydrogen-bond donors (Lipinski definition) is 1. The molecule has 1 aliphatic carbocycles. The summed E-state index contributed by atoms with van der Waals surface area (Å²) < 4.78 is 5.57. The molecule has 2 aliphatic rings. The largest absolute Gasteiger partial charge is 1.00 e. The topological polar surface area (TPSA) is 23.2 Å². The number of rotatable bonds is 0. The molecular formula is C8H14ClNO. The van der Waals surface area contributed by atoms with Crippen LogP contribution < -0.4 is 17.4 Å². The molecule has 1 fully saturated rings. The molecule has 1 N–H and O–H groups in total. The number of hydrogen-bond acceptors (Lipinski definition) is 1. The molecular weight excluding hydrogens is 162 g/mol. The summed E-state index contributed by atoms with van der Waals surface area (Å²) >= 11 is 0. The van der Waals surface area contributed by atoms with Crippen molar-refractivity contribution in [1.29, 1.82) is 0 Å². The van der Waals surface area contributed by atoms with Gasteiger partial charge in [0, 0.05) is 6.42 Å². The van der Waals surface area contributed by atoms with Gasteiger partial charge in [0.05, 0.1) is 6.92 Å². The summed E-state index contributed by atoms with van der Waals surface area (Å²) in [6, 6.07) is 0.633. The molecule has 2 nitrogen and oxygen atoms in total. The lowest BCUT2D eigenvalue weighted by atomic mass is 9.94. The molecule has 0 radical (unpaired) electrons. The van der Waals surface area contributed by atoms with Gasteiger partial charge in [-0.05, 0) is 19.3 Å². The van der Waals surface area contributed by atoms with Gasteiger partial charge in [0.25, 0.3) is 0 Å². The molecule has 1 saturated carbocycles. The van der Waals surface area contributed by atoms with Crippen LogP contribution >= 0.6 is 0 Å². The Morgan fingerprint density at radius 2 is 2.09 bits per heavy atom. The second-order valence-corrected chi connectivity index (χ2v) is 3.25. The van der Waals surface area contributed by atoms with Gasteiger partial charge in [-0.3, -0.25) is 0 Å². The molecule has 0 bridgehead atoms. The normalized spacial score (nSPS) is 34.8. The van der Waals surface area contributed by atoms with E-state index in [1.54, 1.807) is 0 Å². The number of fused-ring (bicyclic) bond motifs is 1. The maximum absolute atomic E-state index is 5.57. The van der Waals surface area contributed by atoms with Gasteiger partial charge in [-0.15, -0.1) is 0 Å². The number of nitrogens with one attached hydrogen (secondary N) is 1. The van der Waals surface area contributed by atoms with Crippen LogP contribution in [0.4, 0.5) is 0 Å². The average Bonchev–Trinajstić information content (AvgIpc) is 2.27. The van der Waals surface area contributed by atoms with Crippen molar-refractivity contribution in [2.45, 2.75) is 44.8 Å². The lowest BCUT2D eigenvalue weighted by Crippen LogP contribution is -3.00. The monoisotopic (exact) mass is 175 g/mol. The fourth-order valence-corrected chi connectivity index (χ4v) is 1.93. The summed E-state index contributed by atoms with van der Waals surface area (Å²) in [6.07, 6.45) is 5.74. The average molecular weight is 176 g/mol. The zero-order valence-electron chi connectivity index (χ0n) is 6.77. The molecule has 3 heteroatoms. The number of halogens is 1. The zero-order valence-corrected chi connectivity index (χ0v) is 7.53. The highest BCUT2D eigenvalue weighted by Crippen LogP contribution is 2.20. The predicted molar refractivity (Wildman–Crippen MR) is 38.8 cm³/mol. The first-order chi connectivity index (χ1) is 4.86. The molecule has 0 aromatic rings. The van der Waals surface area contributed by atoms with Gasteiger partial charge in [0.15, 0.2) is 12.1 Å². The first-order valence-corrected chi connectivity index (χ1v) is 4.13. The Morgan fingerprint density at radius 1 is 1.36 bits per heavy atom. The predicted octanol–water partition coefficient (Wildman–Crippen LogP) is -3.17. The molecule has 11 heavy (non-hydrogen) atoms. The fraction of sp³-hybridized carbons (Fsp3) is 0.875. The smallest absolute Gasteiger partial charge is 0.332 e. The molecule has 2 rings (SSSR count). The Hall–Kier alpha value is -0.240. The molecule has 64 valence electrons. The maximum Gasteiger partial charge on any atom is 0.332 e. The SMILES string of the molecule is CC1=[NH+][C@@H]2CCCC[C@@H]2O1.[Cl-]. The van der Waals surface area contributed by atoms with Gasteiger partial charge >= 0.3 is 5.90 Å². The van der Waals surface area contributed by atoms with Crippen molar-refractivity contribution in [1.82, 2.24) is 0 Å². The highest BCUT2D eigenvalue weighted by atomic mass is 35.5. The first-order valence-electron chi connectivity index (χ1n) is 4.13. The molecule has 0 unspecified atom stereocenters. The maximum atomic E-state index is 5.57. The Bertz CT molecular complexity index is 169. The van der Waals surface area contributed by atoms with E-state index in [0.29, 0.717) is 12.1 Å². The zero-order chi connectivity index (χ0) is 6.97. The van der Waals surface area contributed by atoms with E-state index in [2.05, 4.69) is 4.99 Å². The quantitative estimate of drug-likeness (QED) is 0.413. The van der Waals surface area contributed by atoms with Crippen molar-refractivity contribution in [2.75, 3.05) is 0 Å². The van der Waals surface area contributed by atoms with Crippen LogP contribution in [-0.2, 0) is 4.74 Å². The highest BCUT2D eigenvalue weighted by Gasteiger charge is 2.36. The Morgan fingerprint density at radius 3 is 2.82 bits per heavy atom. The van der Waals surface area contributed by atoms with Crippen LogP contribution in [0.3, 0.4) is 0 Å². The molecule has 0 saturated heterocycles. The Balaban J connectivity index is 0.000000605. The van der Waals surface area contributed by atoms with Crippen LogP contribution in [0.15, 0.2) is 0 Å². The summed E-state index contributed by atoms with van der Waals surface area (Å²) in [5.74, 6) is 1.02. The van der Waals surface area contributed by atoms with E-state index in [1.807, 2.05) is 6.92 Å². The number of ether oxygens (including phenoxy) is 1. The van der Waals surface area contributed by atoms with Crippen LogP contribution in [0.1, 0.15) is 32.6 Å². The van der Waals surface area contributed by atoms with Crippen molar-refractivity contribution in [3.8, 4) is 0 Å². The van der Waals surface area contributed by atoms with Gasteiger partial charge in [-0.1, -0.05) is 0 Å². The molecule has 0 amide bonds. The standard InChI is InChI=1S/C8H13NO.ClH/c1-6-9-7-4-2-3-5-8(7)10-6;/h7-8H,2-5H2,1H3;1H/t7-,8+;/m1./s1. The van der Waals surface area contributed by atoms with Crippen LogP contribution in [0, 0.1) is 0 Å². The van der Waals surface area contributed by atoms with Gasteiger partial charge in [0.2, 0.25) is 0 Å². The van der Waals surface area contributed by atoms with Gasteiger partial charge in [-0.2, -0.15) is 0 Å². The van der Waals surface area contributed by atoms with Gasteiger partial charge in [-0.25, -0.2) is 4.99 Å². The summed E-state index contributed by atoms with van der Waals surface area (Å²) in [6.45, 7) is 2.01. The molecule has 2 atom stereocenters. The van der Waals surface area contributed by atoms with Crippen LogP contribution in [0.5, 0.6) is 0 Å². The molecule has 0 spiro atoms. The minimum absolute atomic E-state index is 0. The van der Waals surface area contributed by atoms with E-state index in [9.17, 15) is 0 Å². The van der Waals surface area contributed by atoms with Crippen molar-refractivity contribution in [3.63, 3.8) is 0 Å². The van der Waals surface area contributed by atoms with Gasteiger partial charge < -0.3 is 17.1 Å². The Labute approximate surface area is 73.4 Å². The van der Waals surface area contributed by atoms with Crippen molar-refractivity contribution in [2.24, 2.45) is 0 Å². The summed E-state index contributed by atoms with van der Waals surface area (Å²) in [4.78, 5) is 3.35. The third-order valence-corrected chi connectivity index (χ3v) is 2.42. The molecule has 0 aromatic heterocycles. The van der Waals surface area contributed by atoms with E-state index in [4.69, 9.17) is 4.74 Å². The second kappa shape index (κ2) is 3.44. The van der Waals surface area contributed by atoms with E-state index in [1.165, 1.54) is 25.7 Å². The van der Waals surface area contributed by atoms with E-state index < -0.39 is 0 Å². The van der Waals surface area contributed by atoms with Crippen LogP contribution in [-0.4, -0.2) is 18.0 Å². The third kappa shape index (κ3) is 1.67. The first kappa shape index (κ1) is 8.85. The van der Waals surface area contributed by atoms with E-state index >= 15 is 0 Å². The van der Waals surface area contributed by atoms with Gasteiger partial charge in [0.1, 0.15) is 0 Å². The molecule has 1 aliphatic heterocycles. The highest BCUT2D eigenvalue weighted by molar-refractivity contribution is 5.67. The summed E-state index contributed by atoms with van der Waals surface area (Å²) in [7, 11) is 0. The Kier molecular flexibility index (Phi) is 2.77. The fourth-order valence-electron chi connectivity index (χ4n) is 1.93. The van der Waals surface area contributed by atoms with Crippen molar-refractivity contribution < 1.29 is 22.1 Å².